The largest absolute Gasteiger partial charge is 0.378 e. The molecule has 2 heterocycles. The van der Waals surface area contributed by atoms with Crippen LogP contribution in [0.3, 0.4) is 0 Å². The lowest BCUT2D eigenvalue weighted by molar-refractivity contribution is -0.121. The number of imide groups is 1. The van der Waals surface area contributed by atoms with Crippen LogP contribution in [0.1, 0.15) is 16.7 Å². The van der Waals surface area contributed by atoms with Crippen molar-refractivity contribution in [3.05, 3.63) is 69.9 Å². The van der Waals surface area contributed by atoms with E-state index in [0.717, 1.165) is 16.7 Å². The van der Waals surface area contributed by atoms with Crippen LogP contribution >= 0.6 is 11.6 Å². The Hall–Kier alpha value is -2.63. The predicted octanol–water partition coefficient (Wildman–Crippen LogP) is 3.57. The van der Waals surface area contributed by atoms with Gasteiger partial charge in [0.25, 0.3) is 11.8 Å². The topological polar surface area (TPSA) is 49.9 Å². The van der Waals surface area contributed by atoms with Gasteiger partial charge in [0.15, 0.2) is 0 Å². The molecule has 0 unspecified atom stereocenters. The first-order valence-electron chi connectivity index (χ1n) is 9.27. The van der Waals surface area contributed by atoms with Crippen LogP contribution in [0.2, 0.25) is 5.02 Å². The van der Waals surface area contributed by atoms with Crippen LogP contribution in [0.25, 0.3) is 5.57 Å². The van der Waals surface area contributed by atoms with Gasteiger partial charge in [-0.15, -0.1) is 0 Å². The molecule has 2 aromatic carbocycles. The number of aryl methyl sites for hydroxylation is 2. The lowest BCUT2D eigenvalue weighted by atomic mass is 9.99. The number of nitrogens with zero attached hydrogens (tertiary/aromatic N) is 2. The van der Waals surface area contributed by atoms with Crippen molar-refractivity contribution < 1.29 is 14.3 Å². The summed E-state index contributed by atoms with van der Waals surface area (Å²) in [5, 5.41) is 0.367. The summed E-state index contributed by atoms with van der Waals surface area (Å²) in [5.41, 5.74) is 4.22. The summed E-state index contributed by atoms with van der Waals surface area (Å²) in [7, 11) is 0. The van der Waals surface area contributed by atoms with E-state index in [2.05, 4.69) is 0 Å². The van der Waals surface area contributed by atoms with Crippen LogP contribution in [0, 0.1) is 13.8 Å². The molecule has 2 amide bonds. The summed E-state index contributed by atoms with van der Waals surface area (Å²) in [6, 6.07) is 12.8. The summed E-state index contributed by atoms with van der Waals surface area (Å²) in [6.07, 6.45) is 0. The number of morpholine rings is 1. The fourth-order valence-corrected chi connectivity index (χ4v) is 3.83. The van der Waals surface area contributed by atoms with Gasteiger partial charge in [0.1, 0.15) is 5.70 Å². The van der Waals surface area contributed by atoms with Gasteiger partial charge in [0, 0.05) is 13.1 Å². The van der Waals surface area contributed by atoms with Crippen molar-refractivity contribution in [2.45, 2.75) is 13.8 Å². The number of anilines is 1. The highest BCUT2D eigenvalue weighted by atomic mass is 35.5. The van der Waals surface area contributed by atoms with Crippen molar-refractivity contribution in [3.63, 3.8) is 0 Å². The third-order valence-corrected chi connectivity index (χ3v) is 5.60. The van der Waals surface area contributed by atoms with E-state index in [4.69, 9.17) is 16.3 Å². The molecule has 2 aliphatic rings. The number of carbonyl (C=O) groups excluding carboxylic acids is 2. The molecular formula is C22H21ClN2O3. The predicted molar refractivity (Wildman–Crippen MR) is 109 cm³/mol. The van der Waals surface area contributed by atoms with Crippen LogP contribution in [0.5, 0.6) is 0 Å². The van der Waals surface area contributed by atoms with Crippen molar-refractivity contribution in [1.82, 2.24) is 4.90 Å². The Morgan fingerprint density at radius 3 is 2.32 bits per heavy atom. The number of benzene rings is 2. The molecule has 0 bridgehead atoms. The minimum atomic E-state index is -0.345. The maximum Gasteiger partial charge on any atom is 0.282 e. The molecule has 0 spiro atoms. The quantitative estimate of drug-likeness (QED) is 0.744. The van der Waals surface area contributed by atoms with Gasteiger partial charge >= 0.3 is 0 Å². The first kappa shape index (κ1) is 18.7. The second-order valence-electron chi connectivity index (χ2n) is 7.02. The molecule has 1 saturated heterocycles. The number of hydrogen-bond acceptors (Lipinski definition) is 4. The molecular weight excluding hydrogens is 376 g/mol. The molecule has 4 rings (SSSR count). The lowest BCUT2D eigenvalue weighted by Gasteiger charge is -2.29. The molecule has 1 fully saturated rings. The van der Waals surface area contributed by atoms with Crippen LogP contribution in [0.4, 0.5) is 5.69 Å². The zero-order valence-corrected chi connectivity index (χ0v) is 16.6. The average Bonchev–Trinajstić information content (AvgIpc) is 2.95. The number of amides is 2. The van der Waals surface area contributed by atoms with E-state index in [9.17, 15) is 9.59 Å². The van der Waals surface area contributed by atoms with Gasteiger partial charge in [-0.2, -0.15) is 0 Å². The van der Waals surface area contributed by atoms with E-state index in [0.29, 0.717) is 48.3 Å². The second kappa shape index (κ2) is 7.41. The summed E-state index contributed by atoms with van der Waals surface area (Å²) in [6.45, 7) is 6.21. The maximum atomic E-state index is 13.4. The summed E-state index contributed by atoms with van der Waals surface area (Å²) in [5.74, 6) is -0.684. The van der Waals surface area contributed by atoms with Crippen LogP contribution in [-0.2, 0) is 14.3 Å². The first-order valence-corrected chi connectivity index (χ1v) is 9.64. The van der Waals surface area contributed by atoms with Crippen LogP contribution in [-0.4, -0.2) is 43.0 Å². The third kappa shape index (κ3) is 3.11. The normalized spacial score (nSPS) is 17.7. The fraction of sp³-hybridized carbons (Fsp3) is 0.273. The van der Waals surface area contributed by atoms with Gasteiger partial charge < -0.3 is 9.64 Å². The van der Waals surface area contributed by atoms with Crippen molar-refractivity contribution in [1.29, 1.82) is 0 Å². The van der Waals surface area contributed by atoms with Crippen molar-refractivity contribution in [2.24, 2.45) is 0 Å². The number of para-hydroxylation sites is 1. The minimum Gasteiger partial charge on any atom is -0.378 e. The Bertz CT molecular complexity index is 993. The maximum absolute atomic E-state index is 13.4. The third-order valence-electron chi connectivity index (χ3n) is 5.28. The van der Waals surface area contributed by atoms with E-state index in [1.165, 1.54) is 4.90 Å². The van der Waals surface area contributed by atoms with Gasteiger partial charge in [-0.1, -0.05) is 41.9 Å². The van der Waals surface area contributed by atoms with Crippen LogP contribution < -0.4 is 4.90 Å². The molecule has 0 N–H and O–H groups in total. The molecule has 144 valence electrons. The fourth-order valence-electron chi connectivity index (χ4n) is 3.61. The highest BCUT2D eigenvalue weighted by Crippen LogP contribution is 2.38. The summed E-state index contributed by atoms with van der Waals surface area (Å²) < 4.78 is 5.43. The molecule has 2 aliphatic heterocycles. The van der Waals surface area contributed by atoms with E-state index in [-0.39, 0.29) is 11.8 Å². The molecule has 5 nitrogen and oxygen atoms in total. The van der Waals surface area contributed by atoms with Crippen molar-refractivity contribution in [2.75, 3.05) is 31.2 Å². The number of rotatable bonds is 3. The Morgan fingerprint density at radius 1 is 0.929 bits per heavy atom. The summed E-state index contributed by atoms with van der Waals surface area (Å²) in [4.78, 5) is 30.0. The van der Waals surface area contributed by atoms with E-state index < -0.39 is 0 Å². The molecule has 0 saturated carbocycles. The zero-order valence-electron chi connectivity index (χ0n) is 15.9. The Balaban J connectivity index is 1.87. The van der Waals surface area contributed by atoms with Gasteiger partial charge in [0.05, 0.1) is 29.5 Å². The van der Waals surface area contributed by atoms with Crippen molar-refractivity contribution >= 4 is 34.7 Å². The molecule has 28 heavy (non-hydrogen) atoms. The van der Waals surface area contributed by atoms with E-state index >= 15 is 0 Å². The Labute approximate surface area is 169 Å². The number of halogens is 1. The average molecular weight is 397 g/mol. The molecule has 0 radical (unpaired) electrons. The summed E-state index contributed by atoms with van der Waals surface area (Å²) >= 11 is 6.31. The SMILES string of the molecule is Cc1ccc(C2=C(N3CCOCC3)C(=O)N(c3ccccc3Cl)C2=O)cc1C. The molecule has 0 aromatic heterocycles. The highest BCUT2D eigenvalue weighted by Gasteiger charge is 2.43. The molecule has 2 aromatic rings. The smallest absolute Gasteiger partial charge is 0.282 e. The number of ether oxygens (including phenoxy) is 1. The Kier molecular flexibility index (Phi) is 4.96. The Morgan fingerprint density at radius 2 is 1.64 bits per heavy atom. The van der Waals surface area contributed by atoms with Gasteiger partial charge in [0.2, 0.25) is 0 Å². The van der Waals surface area contributed by atoms with E-state index in [1.807, 2.05) is 36.9 Å². The van der Waals surface area contributed by atoms with Gasteiger partial charge in [-0.3, -0.25) is 9.59 Å². The second-order valence-corrected chi connectivity index (χ2v) is 7.43. The standard InChI is InChI=1S/C22H21ClN2O3/c1-14-7-8-16(13-15(14)2)19-20(24-9-11-28-12-10-24)22(27)25(21(19)26)18-6-4-3-5-17(18)23/h3-8,13H,9-12H2,1-2H3. The first-order chi connectivity index (χ1) is 13.5. The minimum absolute atomic E-state index is 0.340. The number of hydrogen-bond donors (Lipinski definition) is 0. The monoisotopic (exact) mass is 396 g/mol. The molecule has 0 aliphatic carbocycles. The number of carbonyl (C=O) groups is 2. The highest BCUT2D eigenvalue weighted by molar-refractivity contribution is 6.47. The van der Waals surface area contributed by atoms with Gasteiger partial charge in [-0.05, 0) is 42.7 Å². The van der Waals surface area contributed by atoms with Gasteiger partial charge in [-0.25, -0.2) is 4.90 Å². The zero-order chi connectivity index (χ0) is 19.8. The lowest BCUT2D eigenvalue weighted by Crippen LogP contribution is -2.40. The van der Waals surface area contributed by atoms with Crippen LogP contribution in [0.15, 0.2) is 48.2 Å². The molecule has 6 heteroatoms. The van der Waals surface area contributed by atoms with E-state index in [1.54, 1.807) is 24.3 Å². The molecule has 0 atom stereocenters. The van der Waals surface area contributed by atoms with Crippen molar-refractivity contribution in [3.8, 4) is 0 Å².